The average Bonchev–Trinajstić information content (AvgIpc) is 2.57. The number of unbranched alkanes of at least 4 members (excludes halogenated alkanes) is 1. The third-order valence-corrected chi connectivity index (χ3v) is 4.04. The number of rotatable bonds is 6. The average molecular weight is 375 g/mol. The second-order valence-corrected chi connectivity index (χ2v) is 5.99. The van der Waals surface area contributed by atoms with Gasteiger partial charge >= 0.3 is 11.8 Å². The van der Waals surface area contributed by atoms with Gasteiger partial charge in [-0.25, -0.2) is 0 Å². The van der Waals surface area contributed by atoms with Crippen molar-refractivity contribution in [3.05, 3.63) is 64.6 Å². The number of aryl methyl sites for hydroxylation is 1. The van der Waals surface area contributed by atoms with Crippen LogP contribution < -0.4 is 10.6 Å². The molecule has 0 aliphatic carbocycles. The molecule has 120 valence electrons. The van der Waals surface area contributed by atoms with Gasteiger partial charge in [-0.2, -0.15) is 0 Å². The molecule has 2 aromatic carbocycles. The molecule has 0 aromatic heterocycles. The molecule has 0 heterocycles. The number of hydrogen-bond donors (Lipinski definition) is 2. The van der Waals surface area contributed by atoms with E-state index >= 15 is 0 Å². The van der Waals surface area contributed by atoms with Crippen molar-refractivity contribution in [3.63, 3.8) is 0 Å². The third-order valence-electron chi connectivity index (χ3n) is 3.35. The summed E-state index contributed by atoms with van der Waals surface area (Å²) < 4.78 is 0.740. The molecule has 0 radical (unpaired) electrons. The molecule has 0 atom stereocenters. The molecule has 2 amide bonds. The third kappa shape index (κ3) is 5.87. The Labute approximate surface area is 144 Å². The van der Waals surface area contributed by atoms with Gasteiger partial charge in [0.05, 0.1) is 5.69 Å². The minimum Gasteiger partial charge on any atom is -0.348 e. The highest BCUT2D eigenvalue weighted by atomic mass is 79.9. The number of nitrogens with one attached hydrogen (secondary N) is 2. The summed E-state index contributed by atoms with van der Waals surface area (Å²) in [6, 6.07) is 17.4. The number of carbonyl (C=O) groups excluding carboxylic acids is 2. The van der Waals surface area contributed by atoms with E-state index in [-0.39, 0.29) is 0 Å². The number of anilines is 1. The number of carbonyl (C=O) groups is 2. The largest absolute Gasteiger partial charge is 0.348 e. The molecular weight excluding hydrogens is 356 g/mol. The van der Waals surface area contributed by atoms with Crippen LogP contribution in [-0.2, 0) is 16.0 Å². The van der Waals surface area contributed by atoms with E-state index in [1.807, 2.05) is 24.3 Å². The Morgan fingerprint density at radius 2 is 1.57 bits per heavy atom. The molecule has 0 saturated carbocycles. The lowest BCUT2D eigenvalue weighted by molar-refractivity contribution is -0.136. The zero-order valence-corrected chi connectivity index (χ0v) is 14.3. The van der Waals surface area contributed by atoms with E-state index in [0.717, 1.165) is 23.7 Å². The van der Waals surface area contributed by atoms with Crippen LogP contribution in [0.2, 0.25) is 0 Å². The molecule has 0 bridgehead atoms. The maximum absolute atomic E-state index is 11.8. The minimum absolute atomic E-state index is 0.495. The summed E-state index contributed by atoms with van der Waals surface area (Å²) in [5.74, 6) is -1.26. The summed E-state index contributed by atoms with van der Waals surface area (Å²) in [6.45, 7) is 0.495. The Kier molecular flexibility index (Phi) is 6.81. The van der Waals surface area contributed by atoms with Crippen molar-refractivity contribution in [3.8, 4) is 0 Å². The van der Waals surface area contributed by atoms with Gasteiger partial charge in [0.2, 0.25) is 0 Å². The lowest BCUT2D eigenvalue weighted by atomic mass is 10.1. The van der Waals surface area contributed by atoms with Gasteiger partial charge in [0.15, 0.2) is 0 Å². The zero-order valence-electron chi connectivity index (χ0n) is 12.7. The Balaban J connectivity index is 1.66. The van der Waals surface area contributed by atoms with Gasteiger partial charge < -0.3 is 10.6 Å². The second-order valence-electron chi connectivity index (χ2n) is 5.13. The maximum atomic E-state index is 11.8. The van der Waals surface area contributed by atoms with Gasteiger partial charge in [-0.1, -0.05) is 42.5 Å². The number of para-hydroxylation sites is 1. The maximum Gasteiger partial charge on any atom is 0.313 e. The van der Waals surface area contributed by atoms with Crippen LogP contribution in [0, 0.1) is 0 Å². The van der Waals surface area contributed by atoms with E-state index in [4.69, 9.17) is 0 Å². The highest BCUT2D eigenvalue weighted by molar-refractivity contribution is 9.10. The summed E-state index contributed by atoms with van der Waals surface area (Å²) in [5, 5.41) is 5.22. The number of benzene rings is 2. The highest BCUT2D eigenvalue weighted by Gasteiger charge is 2.13. The molecule has 2 aromatic rings. The lowest BCUT2D eigenvalue weighted by Gasteiger charge is -2.08. The first-order valence-corrected chi connectivity index (χ1v) is 8.34. The standard InChI is InChI=1S/C18H19BrN2O2/c19-15-11-4-5-12-16(15)21-18(23)17(22)20-13-7-6-10-14-8-2-1-3-9-14/h1-5,8-9,11-12H,6-7,10,13H2,(H,20,22)(H,21,23). The van der Waals surface area contributed by atoms with E-state index in [0.29, 0.717) is 12.2 Å². The molecule has 0 spiro atoms. The van der Waals surface area contributed by atoms with Crippen molar-refractivity contribution >= 4 is 33.4 Å². The van der Waals surface area contributed by atoms with Gasteiger partial charge in [0.1, 0.15) is 0 Å². The van der Waals surface area contributed by atoms with Gasteiger partial charge in [-0.05, 0) is 52.9 Å². The number of amides is 2. The van der Waals surface area contributed by atoms with E-state index in [1.165, 1.54) is 5.56 Å². The fraction of sp³-hybridized carbons (Fsp3) is 0.222. The second kappa shape index (κ2) is 9.10. The van der Waals surface area contributed by atoms with E-state index in [2.05, 4.69) is 38.7 Å². The van der Waals surface area contributed by atoms with E-state index < -0.39 is 11.8 Å². The first kappa shape index (κ1) is 17.2. The van der Waals surface area contributed by atoms with Crippen LogP contribution in [0.5, 0.6) is 0 Å². The first-order chi connectivity index (χ1) is 11.2. The molecule has 0 unspecified atom stereocenters. The van der Waals surface area contributed by atoms with E-state index in [1.54, 1.807) is 18.2 Å². The van der Waals surface area contributed by atoms with Crippen LogP contribution in [0.4, 0.5) is 5.69 Å². The molecule has 2 rings (SSSR count). The van der Waals surface area contributed by atoms with Crippen LogP contribution in [0.1, 0.15) is 18.4 Å². The van der Waals surface area contributed by atoms with Crippen LogP contribution in [-0.4, -0.2) is 18.4 Å². The summed E-state index contributed by atoms with van der Waals surface area (Å²) >= 11 is 3.32. The summed E-state index contributed by atoms with van der Waals surface area (Å²) in [6.07, 6.45) is 2.78. The first-order valence-electron chi connectivity index (χ1n) is 7.54. The van der Waals surface area contributed by atoms with Crippen LogP contribution in [0.15, 0.2) is 59.1 Å². The normalized spacial score (nSPS) is 10.1. The zero-order chi connectivity index (χ0) is 16.5. The predicted molar refractivity (Wildman–Crippen MR) is 95.2 cm³/mol. The molecular formula is C18H19BrN2O2. The van der Waals surface area contributed by atoms with Crippen LogP contribution in [0.3, 0.4) is 0 Å². The Hall–Kier alpha value is -2.14. The minimum atomic E-state index is -0.653. The fourth-order valence-corrected chi connectivity index (χ4v) is 2.51. The molecule has 0 fully saturated rings. The smallest absolute Gasteiger partial charge is 0.313 e. The van der Waals surface area contributed by atoms with Gasteiger partial charge in [0.25, 0.3) is 0 Å². The van der Waals surface area contributed by atoms with Crippen molar-refractivity contribution in [1.82, 2.24) is 5.32 Å². The predicted octanol–water partition coefficient (Wildman–Crippen LogP) is 3.53. The SMILES string of the molecule is O=C(NCCCCc1ccccc1)C(=O)Nc1ccccc1Br. The topological polar surface area (TPSA) is 58.2 Å². The molecule has 0 aliphatic rings. The van der Waals surface area contributed by atoms with Crippen molar-refractivity contribution in [2.24, 2.45) is 0 Å². The summed E-state index contributed by atoms with van der Waals surface area (Å²) in [5.41, 5.74) is 1.86. The molecule has 23 heavy (non-hydrogen) atoms. The quantitative estimate of drug-likeness (QED) is 0.600. The highest BCUT2D eigenvalue weighted by Crippen LogP contribution is 2.20. The molecule has 0 aliphatic heterocycles. The molecule has 2 N–H and O–H groups in total. The number of halogens is 1. The van der Waals surface area contributed by atoms with E-state index in [9.17, 15) is 9.59 Å². The Bertz CT molecular complexity index is 659. The Morgan fingerprint density at radius 1 is 0.870 bits per heavy atom. The van der Waals surface area contributed by atoms with Crippen molar-refractivity contribution in [2.45, 2.75) is 19.3 Å². The molecule has 0 saturated heterocycles. The van der Waals surface area contributed by atoms with Crippen molar-refractivity contribution < 1.29 is 9.59 Å². The summed E-state index contributed by atoms with van der Waals surface area (Å²) in [4.78, 5) is 23.6. The molecule has 5 heteroatoms. The number of hydrogen-bond acceptors (Lipinski definition) is 2. The summed E-state index contributed by atoms with van der Waals surface area (Å²) in [7, 11) is 0. The Morgan fingerprint density at radius 3 is 2.30 bits per heavy atom. The lowest BCUT2D eigenvalue weighted by Crippen LogP contribution is -2.36. The fourth-order valence-electron chi connectivity index (χ4n) is 2.12. The van der Waals surface area contributed by atoms with Gasteiger partial charge in [0, 0.05) is 11.0 Å². The molecule has 4 nitrogen and oxygen atoms in total. The van der Waals surface area contributed by atoms with Crippen LogP contribution >= 0.6 is 15.9 Å². The van der Waals surface area contributed by atoms with Crippen LogP contribution in [0.25, 0.3) is 0 Å². The van der Waals surface area contributed by atoms with Crippen molar-refractivity contribution in [1.29, 1.82) is 0 Å². The van der Waals surface area contributed by atoms with Crippen molar-refractivity contribution in [2.75, 3.05) is 11.9 Å². The monoisotopic (exact) mass is 374 g/mol. The van der Waals surface area contributed by atoms with Gasteiger partial charge in [-0.3, -0.25) is 9.59 Å². The van der Waals surface area contributed by atoms with Gasteiger partial charge in [-0.15, -0.1) is 0 Å².